The molecule has 4 rings (SSSR count). The minimum absolute atomic E-state index is 0.0154. The molecule has 1 fully saturated rings. The Morgan fingerprint density at radius 3 is 2.88 bits per heavy atom. The van der Waals surface area contributed by atoms with Crippen molar-refractivity contribution in [3.63, 3.8) is 0 Å². The summed E-state index contributed by atoms with van der Waals surface area (Å²) in [5.74, 6) is 1.03. The molecule has 0 spiro atoms. The monoisotopic (exact) mass is 342 g/mol. The number of fused-ring (bicyclic) bond motifs is 3. The predicted octanol–water partition coefficient (Wildman–Crippen LogP) is 1.91. The van der Waals surface area contributed by atoms with Crippen LogP contribution in [0, 0.1) is 0 Å². The molecule has 0 unspecified atom stereocenters. The molecule has 2 aromatic rings. The number of aliphatic hydroxyl groups excluding tert-OH is 1. The fourth-order valence-electron chi connectivity index (χ4n) is 4.06. The second kappa shape index (κ2) is 7.14. The van der Waals surface area contributed by atoms with Gasteiger partial charge in [-0.25, -0.2) is 4.98 Å². The van der Waals surface area contributed by atoms with Crippen molar-refractivity contribution in [2.24, 2.45) is 0 Å². The van der Waals surface area contributed by atoms with Crippen molar-refractivity contribution in [1.82, 2.24) is 19.8 Å². The van der Waals surface area contributed by atoms with Crippen molar-refractivity contribution in [2.75, 3.05) is 19.7 Å². The molecule has 2 heterocycles. The highest BCUT2D eigenvalue weighted by molar-refractivity contribution is 5.97. The quantitative estimate of drug-likeness (QED) is 0.890. The highest BCUT2D eigenvalue weighted by Gasteiger charge is 2.21. The molecular weight excluding hydrogens is 316 g/mol. The number of hydrogen-bond donors (Lipinski definition) is 2. The zero-order valence-corrected chi connectivity index (χ0v) is 14.6. The standard InChI is InChI=1S/C19H26N4O2/c24-11-10-22-8-9-23-17-7-6-14(12-16(17)21-18(23)13-22)19(25)20-15-4-2-1-3-5-15/h6-7,12,15,24H,1-5,8-11,13H2,(H,20,25). The van der Waals surface area contributed by atoms with E-state index in [-0.39, 0.29) is 12.5 Å². The molecule has 2 N–H and O–H groups in total. The molecule has 0 atom stereocenters. The SMILES string of the molecule is O=C(NC1CCCCC1)c1ccc2c(c1)nc1n2CCN(CCO)C1. The molecule has 0 bridgehead atoms. The summed E-state index contributed by atoms with van der Waals surface area (Å²) in [4.78, 5) is 19.5. The average molecular weight is 342 g/mol. The van der Waals surface area contributed by atoms with Gasteiger partial charge >= 0.3 is 0 Å². The van der Waals surface area contributed by atoms with Crippen LogP contribution >= 0.6 is 0 Å². The van der Waals surface area contributed by atoms with Crippen LogP contribution in [0.15, 0.2) is 18.2 Å². The van der Waals surface area contributed by atoms with E-state index in [4.69, 9.17) is 10.1 Å². The molecule has 1 aromatic carbocycles. The maximum atomic E-state index is 12.6. The van der Waals surface area contributed by atoms with Gasteiger partial charge in [-0.2, -0.15) is 0 Å². The minimum atomic E-state index is 0.0154. The van der Waals surface area contributed by atoms with Crippen molar-refractivity contribution in [1.29, 1.82) is 0 Å². The topological polar surface area (TPSA) is 70.4 Å². The first-order valence-corrected chi connectivity index (χ1v) is 9.38. The van der Waals surface area contributed by atoms with Crippen LogP contribution in [0.4, 0.5) is 0 Å². The number of aromatic nitrogens is 2. The molecule has 6 heteroatoms. The van der Waals surface area contributed by atoms with Gasteiger partial charge in [-0.1, -0.05) is 19.3 Å². The maximum absolute atomic E-state index is 12.6. The van der Waals surface area contributed by atoms with Gasteiger partial charge in [0.15, 0.2) is 0 Å². The zero-order valence-electron chi connectivity index (χ0n) is 14.6. The molecule has 1 aromatic heterocycles. The molecule has 25 heavy (non-hydrogen) atoms. The Hall–Kier alpha value is -1.92. The van der Waals surface area contributed by atoms with Gasteiger partial charge in [-0.05, 0) is 31.0 Å². The normalized spacial score (nSPS) is 19.1. The molecule has 1 aliphatic carbocycles. The molecule has 2 aliphatic rings. The number of hydrogen-bond acceptors (Lipinski definition) is 4. The number of nitrogens with zero attached hydrogens (tertiary/aromatic N) is 3. The lowest BCUT2D eigenvalue weighted by molar-refractivity contribution is 0.0928. The van der Waals surface area contributed by atoms with E-state index in [1.54, 1.807) is 0 Å². The van der Waals surface area contributed by atoms with Gasteiger partial charge in [-0.3, -0.25) is 9.69 Å². The van der Waals surface area contributed by atoms with Crippen LogP contribution < -0.4 is 5.32 Å². The highest BCUT2D eigenvalue weighted by Crippen LogP contribution is 2.23. The van der Waals surface area contributed by atoms with E-state index in [0.717, 1.165) is 49.3 Å². The number of β-amino-alcohol motifs (C(OH)–C–C–N with tert-alkyl or cyclic N) is 1. The second-order valence-electron chi connectivity index (χ2n) is 7.19. The van der Waals surface area contributed by atoms with Crippen molar-refractivity contribution in [3.05, 3.63) is 29.6 Å². The van der Waals surface area contributed by atoms with Crippen molar-refractivity contribution < 1.29 is 9.90 Å². The molecule has 1 aliphatic heterocycles. The molecule has 1 saturated carbocycles. The van der Waals surface area contributed by atoms with Gasteiger partial charge in [0.25, 0.3) is 5.91 Å². The highest BCUT2D eigenvalue weighted by atomic mass is 16.3. The van der Waals surface area contributed by atoms with Gasteiger partial charge in [0.1, 0.15) is 5.82 Å². The van der Waals surface area contributed by atoms with E-state index in [9.17, 15) is 4.79 Å². The van der Waals surface area contributed by atoms with Crippen molar-refractivity contribution in [2.45, 2.75) is 51.2 Å². The Kier molecular flexibility index (Phi) is 4.72. The van der Waals surface area contributed by atoms with Crippen molar-refractivity contribution in [3.8, 4) is 0 Å². The molecular formula is C19H26N4O2. The van der Waals surface area contributed by atoms with Crippen LogP contribution in [0.2, 0.25) is 0 Å². The summed E-state index contributed by atoms with van der Waals surface area (Å²) in [7, 11) is 0. The second-order valence-corrected chi connectivity index (χ2v) is 7.19. The van der Waals surface area contributed by atoms with Crippen LogP contribution in [0.1, 0.15) is 48.3 Å². The Morgan fingerprint density at radius 1 is 1.24 bits per heavy atom. The van der Waals surface area contributed by atoms with E-state index in [1.807, 2.05) is 18.2 Å². The summed E-state index contributed by atoms with van der Waals surface area (Å²) in [6, 6.07) is 6.16. The van der Waals surface area contributed by atoms with Gasteiger partial charge in [0, 0.05) is 31.2 Å². The zero-order chi connectivity index (χ0) is 17.2. The van der Waals surface area contributed by atoms with E-state index in [2.05, 4.69) is 14.8 Å². The molecule has 6 nitrogen and oxygen atoms in total. The van der Waals surface area contributed by atoms with Gasteiger partial charge < -0.3 is 15.0 Å². The van der Waals surface area contributed by atoms with Crippen LogP contribution in [-0.4, -0.2) is 51.2 Å². The average Bonchev–Trinajstić information content (AvgIpc) is 2.99. The third-order valence-electron chi connectivity index (χ3n) is 5.45. The number of rotatable bonds is 4. The fraction of sp³-hybridized carbons (Fsp3) is 0.579. The lowest BCUT2D eigenvalue weighted by Crippen LogP contribution is -2.36. The first-order valence-electron chi connectivity index (χ1n) is 9.38. The summed E-state index contributed by atoms with van der Waals surface area (Å²) in [5, 5.41) is 12.3. The first kappa shape index (κ1) is 16.5. The Balaban J connectivity index is 1.53. The number of carbonyl (C=O) groups is 1. The van der Waals surface area contributed by atoms with Gasteiger partial charge in [0.2, 0.25) is 0 Å². The van der Waals surface area contributed by atoms with Crippen molar-refractivity contribution >= 4 is 16.9 Å². The fourth-order valence-corrected chi connectivity index (χ4v) is 4.06. The Bertz CT molecular complexity index is 764. The van der Waals surface area contributed by atoms with Gasteiger partial charge in [-0.15, -0.1) is 0 Å². The number of aliphatic hydroxyl groups is 1. The maximum Gasteiger partial charge on any atom is 0.251 e. The molecule has 0 saturated heterocycles. The van der Waals surface area contributed by atoms with E-state index >= 15 is 0 Å². The van der Waals surface area contributed by atoms with Crippen LogP contribution in [0.25, 0.3) is 11.0 Å². The number of amides is 1. The summed E-state index contributed by atoms with van der Waals surface area (Å²) >= 11 is 0. The molecule has 0 radical (unpaired) electrons. The number of nitrogens with one attached hydrogen (secondary N) is 1. The van der Waals surface area contributed by atoms with Crippen LogP contribution in [-0.2, 0) is 13.1 Å². The predicted molar refractivity (Wildman–Crippen MR) is 96.4 cm³/mol. The smallest absolute Gasteiger partial charge is 0.251 e. The van der Waals surface area contributed by atoms with E-state index in [0.29, 0.717) is 18.2 Å². The van der Waals surface area contributed by atoms with Crippen LogP contribution in [0.3, 0.4) is 0 Å². The molecule has 134 valence electrons. The number of benzene rings is 1. The van der Waals surface area contributed by atoms with Gasteiger partial charge in [0.05, 0.1) is 24.2 Å². The minimum Gasteiger partial charge on any atom is -0.395 e. The number of imidazole rings is 1. The third-order valence-corrected chi connectivity index (χ3v) is 5.45. The number of carbonyl (C=O) groups excluding carboxylic acids is 1. The summed E-state index contributed by atoms with van der Waals surface area (Å²) in [6.45, 7) is 3.39. The lowest BCUT2D eigenvalue weighted by atomic mass is 9.95. The first-order chi connectivity index (χ1) is 12.2. The summed E-state index contributed by atoms with van der Waals surface area (Å²) in [5.41, 5.74) is 2.67. The van der Waals surface area contributed by atoms with E-state index in [1.165, 1.54) is 19.3 Å². The largest absolute Gasteiger partial charge is 0.395 e. The Morgan fingerprint density at radius 2 is 2.08 bits per heavy atom. The van der Waals surface area contributed by atoms with Crippen LogP contribution in [0.5, 0.6) is 0 Å². The summed E-state index contributed by atoms with van der Waals surface area (Å²) < 4.78 is 2.23. The lowest BCUT2D eigenvalue weighted by Gasteiger charge is -2.26. The van der Waals surface area contributed by atoms with E-state index < -0.39 is 0 Å². The summed E-state index contributed by atoms with van der Waals surface area (Å²) in [6.07, 6.45) is 5.89. The Labute approximate surface area is 147 Å². The molecule has 1 amide bonds. The third kappa shape index (κ3) is 3.41.